The molecule has 188 valence electrons. The highest BCUT2D eigenvalue weighted by molar-refractivity contribution is 6.46. The Morgan fingerprint density at radius 2 is 1.71 bits per heavy atom. The van der Waals surface area contributed by atoms with E-state index in [1.807, 2.05) is 56.3 Å². The maximum absolute atomic E-state index is 13.3. The molecule has 0 radical (unpaired) electrons. The Morgan fingerprint density at radius 3 is 2.31 bits per heavy atom. The number of ether oxygens (including phenoxy) is 1. The van der Waals surface area contributed by atoms with Gasteiger partial charge in [0.05, 0.1) is 18.2 Å². The van der Waals surface area contributed by atoms with Crippen molar-refractivity contribution in [2.45, 2.75) is 33.2 Å². The third-order valence-electron chi connectivity index (χ3n) is 6.40. The SMILES string of the molecule is CCCOc1cccc(/C(O)=C2\C(=O)C(=O)N(CCN(CC)CC)C2c2ccc(N(C)C)cc2)c1. The quantitative estimate of drug-likeness (QED) is 0.294. The summed E-state index contributed by atoms with van der Waals surface area (Å²) in [4.78, 5) is 32.2. The van der Waals surface area contributed by atoms with Gasteiger partial charge < -0.3 is 24.5 Å². The van der Waals surface area contributed by atoms with Gasteiger partial charge in [-0.3, -0.25) is 9.59 Å². The van der Waals surface area contributed by atoms with Gasteiger partial charge >= 0.3 is 0 Å². The predicted molar refractivity (Wildman–Crippen MR) is 140 cm³/mol. The van der Waals surface area contributed by atoms with Crippen LogP contribution in [-0.4, -0.2) is 73.5 Å². The van der Waals surface area contributed by atoms with Crippen LogP contribution in [0.3, 0.4) is 0 Å². The standard InChI is InChI=1S/C28H37N3O4/c1-6-18-35-23-11-9-10-21(19-23)26(32)24-25(20-12-14-22(15-13-20)29(4)5)31(28(34)27(24)33)17-16-30(7-2)8-3/h9-15,19,25,32H,6-8,16-18H2,1-5H3/b26-24+. The number of carbonyl (C=O) groups is 2. The normalized spacial score (nSPS) is 17.3. The van der Waals surface area contributed by atoms with E-state index in [0.717, 1.165) is 30.8 Å². The summed E-state index contributed by atoms with van der Waals surface area (Å²) in [7, 11) is 3.91. The number of nitrogens with zero attached hydrogens (tertiary/aromatic N) is 3. The van der Waals surface area contributed by atoms with E-state index in [1.165, 1.54) is 0 Å². The maximum atomic E-state index is 13.3. The van der Waals surface area contributed by atoms with Gasteiger partial charge in [0.15, 0.2) is 0 Å². The van der Waals surface area contributed by atoms with Crippen molar-refractivity contribution in [3.8, 4) is 5.75 Å². The van der Waals surface area contributed by atoms with Crippen molar-refractivity contribution in [2.75, 3.05) is 51.8 Å². The molecule has 0 spiro atoms. The number of rotatable bonds is 11. The molecule has 1 aliphatic heterocycles. The summed E-state index contributed by atoms with van der Waals surface area (Å²) in [5.74, 6) is -0.821. The zero-order valence-corrected chi connectivity index (χ0v) is 21.5. The minimum Gasteiger partial charge on any atom is -0.507 e. The molecule has 1 fully saturated rings. The van der Waals surface area contributed by atoms with E-state index >= 15 is 0 Å². The van der Waals surface area contributed by atoms with Crippen LogP contribution in [0.5, 0.6) is 5.75 Å². The van der Waals surface area contributed by atoms with Crippen molar-refractivity contribution < 1.29 is 19.4 Å². The number of aliphatic hydroxyl groups excluding tert-OH is 1. The molecule has 2 aromatic rings. The van der Waals surface area contributed by atoms with E-state index in [2.05, 4.69) is 18.7 Å². The first-order valence-electron chi connectivity index (χ1n) is 12.3. The molecule has 1 heterocycles. The molecule has 7 nitrogen and oxygen atoms in total. The summed E-state index contributed by atoms with van der Waals surface area (Å²) in [5, 5.41) is 11.3. The van der Waals surface area contributed by atoms with Gasteiger partial charge in [-0.05, 0) is 49.3 Å². The van der Waals surface area contributed by atoms with Crippen LogP contribution in [0, 0.1) is 0 Å². The van der Waals surface area contributed by atoms with E-state index in [1.54, 1.807) is 23.1 Å². The van der Waals surface area contributed by atoms with Gasteiger partial charge in [-0.2, -0.15) is 0 Å². The lowest BCUT2D eigenvalue weighted by Gasteiger charge is -2.28. The van der Waals surface area contributed by atoms with Crippen molar-refractivity contribution >= 4 is 23.1 Å². The Labute approximate surface area is 208 Å². The number of hydrogen-bond acceptors (Lipinski definition) is 6. The van der Waals surface area contributed by atoms with Gasteiger partial charge in [0.25, 0.3) is 11.7 Å². The number of ketones is 1. The van der Waals surface area contributed by atoms with Crippen molar-refractivity contribution in [2.24, 2.45) is 0 Å². The van der Waals surface area contributed by atoms with Crippen LogP contribution in [0.1, 0.15) is 44.4 Å². The van der Waals surface area contributed by atoms with E-state index in [-0.39, 0.29) is 11.3 Å². The monoisotopic (exact) mass is 479 g/mol. The summed E-state index contributed by atoms with van der Waals surface area (Å²) >= 11 is 0. The molecule has 1 saturated heterocycles. The molecule has 1 N–H and O–H groups in total. The van der Waals surface area contributed by atoms with Gasteiger partial charge in [-0.1, -0.05) is 45.0 Å². The number of Topliss-reactive ketones (excluding diaryl/α,β-unsaturated/α-hetero) is 1. The molecule has 0 saturated carbocycles. The molecule has 2 aromatic carbocycles. The Morgan fingerprint density at radius 1 is 1.03 bits per heavy atom. The Bertz CT molecular complexity index is 1060. The average Bonchev–Trinajstić information content (AvgIpc) is 3.12. The number of hydrogen-bond donors (Lipinski definition) is 1. The van der Waals surface area contributed by atoms with Crippen LogP contribution in [0.25, 0.3) is 5.76 Å². The van der Waals surface area contributed by atoms with E-state index < -0.39 is 17.7 Å². The van der Waals surface area contributed by atoms with Crippen molar-refractivity contribution in [1.29, 1.82) is 0 Å². The molecule has 7 heteroatoms. The lowest BCUT2D eigenvalue weighted by molar-refractivity contribution is -0.140. The Hall–Kier alpha value is -3.32. The zero-order valence-electron chi connectivity index (χ0n) is 21.5. The van der Waals surface area contributed by atoms with Crippen molar-refractivity contribution in [1.82, 2.24) is 9.80 Å². The molecule has 1 atom stereocenters. The molecule has 1 aliphatic rings. The third kappa shape index (κ3) is 5.85. The number of amides is 1. The van der Waals surface area contributed by atoms with Crippen LogP contribution in [-0.2, 0) is 9.59 Å². The third-order valence-corrected chi connectivity index (χ3v) is 6.40. The summed E-state index contributed by atoms with van der Waals surface area (Å²) in [6.45, 7) is 9.46. The molecule has 0 aromatic heterocycles. The minimum absolute atomic E-state index is 0.111. The second-order valence-electron chi connectivity index (χ2n) is 8.88. The molecule has 35 heavy (non-hydrogen) atoms. The number of anilines is 1. The number of aliphatic hydroxyl groups is 1. The topological polar surface area (TPSA) is 73.3 Å². The van der Waals surface area contributed by atoms with Gasteiger partial charge in [0.1, 0.15) is 11.5 Å². The van der Waals surface area contributed by atoms with Crippen LogP contribution in [0.4, 0.5) is 5.69 Å². The van der Waals surface area contributed by atoms with Crippen LogP contribution in [0.2, 0.25) is 0 Å². The largest absolute Gasteiger partial charge is 0.507 e. The Balaban J connectivity index is 2.08. The first kappa shape index (κ1) is 26.3. The number of likely N-dealkylation sites (N-methyl/N-ethyl adjacent to an activating group) is 1. The first-order valence-corrected chi connectivity index (χ1v) is 12.3. The molecule has 0 aliphatic carbocycles. The second kappa shape index (κ2) is 11.9. The highest BCUT2D eigenvalue weighted by Crippen LogP contribution is 2.40. The maximum Gasteiger partial charge on any atom is 0.295 e. The lowest BCUT2D eigenvalue weighted by atomic mass is 9.95. The lowest BCUT2D eigenvalue weighted by Crippen LogP contribution is -2.38. The molecular weight excluding hydrogens is 442 g/mol. The summed E-state index contributed by atoms with van der Waals surface area (Å²) in [6.07, 6.45) is 0.858. The fraction of sp³-hybridized carbons (Fsp3) is 0.429. The van der Waals surface area contributed by atoms with Crippen LogP contribution < -0.4 is 9.64 Å². The summed E-state index contributed by atoms with van der Waals surface area (Å²) < 4.78 is 5.71. The van der Waals surface area contributed by atoms with Crippen LogP contribution >= 0.6 is 0 Å². The number of carbonyl (C=O) groups excluding carboxylic acids is 2. The molecular formula is C28H37N3O4. The molecule has 0 bridgehead atoms. The fourth-order valence-electron chi connectivity index (χ4n) is 4.31. The Kier molecular flexibility index (Phi) is 8.93. The molecule has 1 amide bonds. The number of likely N-dealkylation sites (tertiary alicyclic amines) is 1. The van der Waals surface area contributed by atoms with Crippen molar-refractivity contribution in [3.05, 3.63) is 65.2 Å². The number of benzene rings is 2. The average molecular weight is 480 g/mol. The summed E-state index contributed by atoms with van der Waals surface area (Å²) in [6, 6.07) is 14.1. The van der Waals surface area contributed by atoms with Crippen LogP contribution in [0.15, 0.2) is 54.1 Å². The smallest absolute Gasteiger partial charge is 0.295 e. The van der Waals surface area contributed by atoms with Gasteiger partial charge in [-0.25, -0.2) is 0 Å². The molecule has 3 rings (SSSR count). The molecule has 1 unspecified atom stereocenters. The highest BCUT2D eigenvalue weighted by atomic mass is 16.5. The predicted octanol–water partition coefficient (Wildman–Crippen LogP) is 4.30. The second-order valence-corrected chi connectivity index (χ2v) is 8.88. The fourth-order valence-corrected chi connectivity index (χ4v) is 4.31. The summed E-state index contributed by atoms with van der Waals surface area (Å²) in [5.41, 5.74) is 2.36. The van der Waals surface area contributed by atoms with E-state index in [9.17, 15) is 14.7 Å². The minimum atomic E-state index is -0.665. The van der Waals surface area contributed by atoms with E-state index in [0.29, 0.717) is 31.0 Å². The van der Waals surface area contributed by atoms with E-state index in [4.69, 9.17) is 4.74 Å². The van der Waals surface area contributed by atoms with Gasteiger partial charge in [0, 0.05) is 38.4 Å². The van der Waals surface area contributed by atoms with Crippen molar-refractivity contribution in [3.63, 3.8) is 0 Å². The van der Waals surface area contributed by atoms with Gasteiger partial charge in [-0.15, -0.1) is 0 Å². The zero-order chi connectivity index (χ0) is 25.5. The first-order chi connectivity index (χ1) is 16.8. The highest BCUT2D eigenvalue weighted by Gasteiger charge is 2.46. The van der Waals surface area contributed by atoms with Gasteiger partial charge in [0.2, 0.25) is 0 Å².